The molecule has 2 saturated heterocycles. The smallest absolute Gasteiger partial charge is 0.332 e. The van der Waals surface area contributed by atoms with Gasteiger partial charge in [-0.3, -0.25) is 28.8 Å². The summed E-state index contributed by atoms with van der Waals surface area (Å²) < 4.78 is 1.39. The molecule has 0 saturated carbocycles. The SMILES string of the molecule is Cc1nc(Nc2ncc(C(=O)Nc3c(C)cccc3Cl)s2)cc(N2CCN(CCCC(=O)N3CCN(c4ccc(-n5ccc(=O)[nH]c5=O)cc4)CC3)CC2)n1. The highest BCUT2D eigenvalue weighted by atomic mass is 35.5. The number of nitrogens with zero attached hydrogens (tertiary/aromatic N) is 8. The van der Waals surface area contributed by atoms with E-state index in [1.165, 1.54) is 34.4 Å². The van der Waals surface area contributed by atoms with Gasteiger partial charge in [0, 0.05) is 82.8 Å². The standard InChI is InChI=1S/C38H42ClN11O4S/c1-25-5-3-6-29(39)35(25)45-36(53)30-24-40-37(55-30)43-31-23-32(42-26(2)41-31)48-17-15-46(16-18-48)13-4-7-34(52)49-21-19-47(20-22-49)27-8-10-28(11-9-27)50-14-12-33(51)44-38(50)54/h3,5-6,8-12,14,23-24H,4,7,13,15-22H2,1-2H3,(H,45,53)(H,44,51,54)(H,40,41,42,43). The summed E-state index contributed by atoms with van der Waals surface area (Å²) in [7, 11) is 0. The van der Waals surface area contributed by atoms with Crippen LogP contribution in [0.3, 0.4) is 0 Å². The van der Waals surface area contributed by atoms with Gasteiger partial charge in [-0.2, -0.15) is 0 Å². The number of halogens is 1. The minimum absolute atomic E-state index is 0.186. The molecular formula is C38H42ClN11O4S. The largest absolute Gasteiger partial charge is 0.368 e. The first kappa shape index (κ1) is 37.7. The lowest BCUT2D eigenvalue weighted by molar-refractivity contribution is -0.131. The van der Waals surface area contributed by atoms with Crippen molar-refractivity contribution in [2.24, 2.45) is 0 Å². The van der Waals surface area contributed by atoms with Crippen molar-refractivity contribution in [1.82, 2.24) is 34.3 Å². The van der Waals surface area contributed by atoms with Crippen molar-refractivity contribution in [3.8, 4) is 5.69 Å². The van der Waals surface area contributed by atoms with Gasteiger partial charge in [-0.25, -0.2) is 19.7 Å². The van der Waals surface area contributed by atoms with Gasteiger partial charge in [-0.05, 0) is 62.7 Å². The predicted octanol–water partition coefficient (Wildman–Crippen LogP) is 4.29. The number of nitrogens with one attached hydrogen (secondary N) is 3. The van der Waals surface area contributed by atoms with Crippen molar-refractivity contribution in [2.75, 3.05) is 79.3 Å². The van der Waals surface area contributed by atoms with Crippen LogP contribution in [0.25, 0.3) is 5.69 Å². The number of amides is 2. The molecule has 0 atom stereocenters. The maximum absolute atomic E-state index is 13.1. The van der Waals surface area contributed by atoms with Crippen LogP contribution in [0.4, 0.5) is 28.1 Å². The van der Waals surface area contributed by atoms with Crippen LogP contribution < -0.4 is 31.7 Å². The first-order valence-electron chi connectivity index (χ1n) is 18.2. The number of aromatic amines is 1. The first-order valence-corrected chi connectivity index (χ1v) is 19.4. The number of carbonyl (C=O) groups excluding carboxylic acids is 2. The summed E-state index contributed by atoms with van der Waals surface area (Å²) >= 11 is 7.52. The normalized spacial score (nSPS) is 14.9. The molecule has 15 nitrogen and oxygen atoms in total. The molecule has 5 aromatic rings. The number of carbonyl (C=O) groups is 2. The Labute approximate surface area is 326 Å². The molecule has 2 aliphatic rings. The van der Waals surface area contributed by atoms with Gasteiger partial charge >= 0.3 is 5.69 Å². The van der Waals surface area contributed by atoms with Crippen molar-refractivity contribution < 1.29 is 9.59 Å². The monoisotopic (exact) mass is 783 g/mol. The van der Waals surface area contributed by atoms with E-state index in [1.54, 1.807) is 6.07 Å². The highest BCUT2D eigenvalue weighted by Crippen LogP contribution is 2.29. The molecule has 0 spiro atoms. The fourth-order valence-corrected chi connectivity index (χ4v) is 7.75. The number of H-pyrrole nitrogens is 1. The van der Waals surface area contributed by atoms with Crippen LogP contribution in [-0.4, -0.2) is 105 Å². The molecule has 2 aliphatic heterocycles. The molecule has 0 radical (unpaired) electrons. The second-order valence-electron chi connectivity index (χ2n) is 13.5. The lowest BCUT2D eigenvalue weighted by Crippen LogP contribution is -2.49. The van der Waals surface area contributed by atoms with Gasteiger partial charge in [0.25, 0.3) is 11.5 Å². The topological polar surface area (TPSA) is 165 Å². The lowest BCUT2D eigenvalue weighted by atomic mass is 10.2. The molecule has 0 aliphatic carbocycles. The van der Waals surface area contributed by atoms with E-state index in [9.17, 15) is 19.2 Å². The van der Waals surface area contributed by atoms with E-state index in [0.29, 0.717) is 57.6 Å². The summed E-state index contributed by atoms with van der Waals surface area (Å²) in [5.41, 5.74) is 2.25. The molecule has 0 bridgehead atoms. The molecule has 286 valence electrons. The number of hydrogen-bond acceptors (Lipinski definition) is 12. The Balaban J connectivity index is 0.834. The minimum Gasteiger partial charge on any atom is -0.368 e. The Hall–Kier alpha value is -5.58. The third kappa shape index (κ3) is 9.21. The highest BCUT2D eigenvalue weighted by Gasteiger charge is 2.23. The van der Waals surface area contributed by atoms with Crippen LogP contribution >= 0.6 is 22.9 Å². The summed E-state index contributed by atoms with van der Waals surface area (Å²) in [6.45, 7) is 10.7. The van der Waals surface area contributed by atoms with Crippen LogP contribution in [0.1, 0.15) is 33.9 Å². The van der Waals surface area contributed by atoms with Gasteiger partial charge in [0.2, 0.25) is 5.91 Å². The maximum Gasteiger partial charge on any atom is 0.332 e. The highest BCUT2D eigenvalue weighted by molar-refractivity contribution is 7.17. The fourth-order valence-electron chi connectivity index (χ4n) is 6.76. The molecule has 2 amide bonds. The van der Waals surface area contributed by atoms with Crippen LogP contribution in [0.2, 0.25) is 5.02 Å². The van der Waals surface area contributed by atoms with E-state index in [1.807, 2.05) is 61.2 Å². The van der Waals surface area contributed by atoms with Gasteiger partial charge in [0.15, 0.2) is 5.13 Å². The van der Waals surface area contributed by atoms with Gasteiger partial charge in [0.05, 0.1) is 22.6 Å². The number of rotatable bonds is 11. The zero-order valence-electron chi connectivity index (χ0n) is 30.6. The lowest BCUT2D eigenvalue weighted by Gasteiger charge is -2.37. The molecule has 2 fully saturated rings. The van der Waals surface area contributed by atoms with Crippen LogP contribution in [0.15, 0.2) is 76.6 Å². The average molecular weight is 784 g/mol. The number of benzene rings is 2. The number of para-hydroxylation sites is 1. The van der Waals surface area contributed by atoms with E-state index in [2.05, 4.69) is 40.3 Å². The summed E-state index contributed by atoms with van der Waals surface area (Å²) in [5.74, 6) is 1.96. The zero-order valence-corrected chi connectivity index (χ0v) is 32.2. The van der Waals surface area contributed by atoms with E-state index >= 15 is 0 Å². The fraction of sp³-hybridized carbons (Fsp3) is 0.342. The van der Waals surface area contributed by atoms with E-state index in [0.717, 1.165) is 69.3 Å². The second kappa shape index (κ2) is 16.8. The quantitative estimate of drug-likeness (QED) is 0.175. The van der Waals surface area contributed by atoms with Gasteiger partial charge in [-0.1, -0.05) is 35.1 Å². The number of aryl methyl sites for hydroxylation is 2. The minimum atomic E-state index is -0.478. The van der Waals surface area contributed by atoms with Crippen LogP contribution in [-0.2, 0) is 4.79 Å². The molecular weight excluding hydrogens is 742 g/mol. The van der Waals surface area contributed by atoms with Crippen LogP contribution in [0, 0.1) is 13.8 Å². The summed E-state index contributed by atoms with van der Waals surface area (Å²) in [6, 6.07) is 16.3. The number of thiazole rings is 1. The second-order valence-corrected chi connectivity index (χ2v) is 14.9. The van der Waals surface area contributed by atoms with Crippen molar-refractivity contribution in [3.63, 3.8) is 0 Å². The zero-order chi connectivity index (χ0) is 38.5. The van der Waals surface area contributed by atoms with Crippen LogP contribution in [0.5, 0.6) is 0 Å². The maximum atomic E-state index is 13.1. The van der Waals surface area contributed by atoms with E-state index < -0.39 is 11.2 Å². The molecule has 3 aromatic heterocycles. The number of piperazine rings is 2. The predicted molar refractivity (Wildman–Crippen MR) is 216 cm³/mol. The summed E-state index contributed by atoms with van der Waals surface area (Å²) in [5, 5.41) is 7.14. The molecule has 55 heavy (non-hydrogen) atoms. The summed E-state index contributed by atoms with van der Waals surface area (Å²) in [6.07, 6.45) is 4.32. The van der Waals surface area contributed by atoms with Crippen molar-refractivity contribution in [3.05, 3.63) is 109 Å². The number of aromatic nitrogens is 5. The molecule has 5 heterocycles. The molecule has 0 unspecified atom stereocenters. The van der Waals surface area contributed by atoms with Crippen molar-refractivity contribution >= 4 is 62.9 Å². The molecule has 7 rings (SSSR count). The molecule has 3 N–H and O–H groups in total. The number of anilines is 5. The number of hydrogen-bond donors (Lipinski definition) is 3. The van der Waals surface area contributed by atoms with Crippen molar-refractivity contribution in [2.45, 2.75) is 26.7 Å². The van der Waals surface area contributed by atoms with Crippen molar-refractivity contribution in [1.29, 1.82) is 0 Å². The Morgan fingerprint density at radius 2 is 1.62 bits per heavy atom. The Morgan fingerprint density at radius 1 is 0.891 bits per heavy atom. The third-order valence-corrected chi connectivity index (χ3v) is 11.0. The molecule has 17 heteroatoms. The molecule has 2 aromatic carbocycles. The van der Waals surface area contributed by atoms with Gasteiger partial charge in [0.1, 0.15) is 22.3 Å². The Morgan fingerprint density at radius 3 is 2.35 bits per heavy atom. The van der Waals surface area contributed by atoms with Gasteiger partial charge in [-0.15, -0.1) is 0 Å². The third-order valence-electron chi connectivity index (χ3n) is 9.76. The first-order chi connectivity index (χ1) is 26.6. The average Bonchev–Trinajstić information content (AvgIpc) is 3.65. The van der Waals surface area contributed by atoms with E-state index in [4.69, 9.17) is 16.6 Å². The summed E-state index contributed by atoms with van der Waals surface area (Å²) in [4.78, 5) is 74.7. The Bertz CT molecular complexity index is 2260. The van der Waals surface area contributed by atoms with Gasteiger partial charge < -0.3 is 25.3 Å². The van der Waals surface area contributed by atoms with E-state index in [-0.39, 0.29) is 11.8 Å². The Kier molecular flexibility index (Phi) is 11.5.